The number of carbonyl (C=O) groups is 2. The number of nitrogens with one attached hydrogen (secondary N) is 1. The van der Waals surface area contributed by atoms with Crippen LogP contribution in [0, 0.1) is 5.82 Å². The van der Waals surface area contributed by atoms with E-state index in [9.17, 15) is 14.0 Å². The van der Waals surface area contributed by atoms with Crippen molar-refractivity contribution in [2.45, 2.75) is 26.4 Å². The lowest BCUT2D eigenvalue weighted by atomic mass is 10.1. The van der Waals surface area contributed by atoms with E-state index >= 15 is 0 Å². The largest absolute Gasteiger partial charge is 0.493 e. The minimum Gasteiger partial charge on any atom is -0.493 e. The van der Waals surface area contributed by atoms with Gasteiger partial charge in [-0.1, -0.05) is 12.1 Å². The number of halogens is 1. The maximum Gasteiger partial charge on any atom is 0.331 e. The fourth-order valence-corrected chi connectivity index (χ4v) is 2.96. The van der Waals surface area contributed by atoms with Gasteiger partial charge < -0.3 is 19.5 Å². The van der Waals surface area contributed by atoms with E-state index < -0.39 is 24.3 Å². The zero-order valence-corrected chi connectivity index (χ0v) is 16.2. The van der Waals surface area contributed by atoms with Gasteiger partial charge in [0.05, 0.1) is 12.3 Å². The summed E-state index contributed by atoms with van der Waals surface area (Å²) in [6.07, 6.45) is 3.66. The number of anilines is 1. The van der Waals surface area contributed by atoms with Gasteiger partial charge in [-0.2, -0.15) is 0 Å². The number of hydrogen-bond acceptors (Lipinski definition) is 5. The van der Waals surface area contributed by atoms with Crippen molar-refractivity contribution in [1.82, 2.24) is 0 Å². The minimum absolute atomic E-state index is 0.0258. The van der Waals surface area contributed by atoms with Gasteiger partial charge in [0.15, 0.2) is 6.61 Å². The van der Waals surface area contributed by atoms with Crippen LogP contribution in [0.15, 0.2) is 42.5 Å². The third kappa shape index (κ3) is 5.34. The number of amides is 1. The smallest absolute Gasteiger partial charge is 0.331 e. The van der Waals surface area contributed by atoms with Crippen LogP contribution in [0.3, 0.4) is 0 Å². The van der Waals surface area contributed by atoms with Gasteiger partial charge in [-0.15, -0.1) is 0 Å². The summed E-state index contributed by atoms with van der Waals surface area (Å²) in [5.41, 5.74) is 1.76. The lowest BCUT2D eigenvalue weighted by molar-refractivity contribution is -0.142. The van der Waals surface area contributed by atoms with Crippen molar-refractivity contribution in [3.8, 4) is 11.5 Å². The zero-order valence-electron chi connectivity index (χ0n) is 16.2. The van der Waals surface area contributed by atoms with Crippen molar-refractivity contribution in [1.29, 1.82) is 0 Å². The maximum absolute atomic E-state index is 13.5. The summed E-state index contributed by atoms with van der Waals surface area (Å²) in [7, 11) is 0. The Morgan fingerprint density at radius 3 is 2.86 bits per heavy atom. The van der Waals surface area contributed by atoms with Crippen molar-refractivity contribution in [3.63, 3.8) is 0 Å². The maximum atomic E-state index is 13.5. The highest BCUT2D eigenvalue weighted by atomic mass is 19.1. The van der Waals surface area contributed by atoms with E-state index in [-0.39, 0.29) is 11.8 Å². The Morgan fingerprint density at radius 2 is 2.10 bits per heavy atom. The number of esters is 1. The molecule has 0 unspecified atom stereocenters. The lowest BCUT2D eigenvalue weighted by Gasteiger charge is -2.10. The third-order valence-corrected chi connectivity index (χ3v) is 4.22. The Hall–Kier alpha value is -3.35. The molecule has 1 aliphatic heterocycles. The Labute approximate surface area is 168 Å². The molecule has 0 fully saturated rings. The number of hydrogen-bond donors (Lipinski definition) is 1. The van der Waals surface area contributed by atoms with Gasteiger partial charge in [-0.3, -0.25) is 4.79 Å². The van der Waals surface area contributed by atoms with E-state index in [4.69, 9.17) is 14.2 Å². The van der Waals surface area contributed by atoms with Crippen LogP contribution >= 0.6 is 0 Å². The van der Waals surface area contributed by atoms with Crippen molar-refractivity contribution < 1.29 is 28.2 Å². The van der Waals surface area contributed by atoms with E-state index in [0.29, 0.717) is 17.9 Å². The second-order valence-electron chi connectivity index (χ2n) is 6.53. The standard InChI is InChI=1S/C22H22FNO5/c1-3-27-19-12-16-10-14(2)29-20(16)11-15(19)8-9-22(26)28-13-21(25)24-18-7-5-4-6-17(18)23/h4-9,11-12,14H,3,10,13H2,1-2H3,(H,24,25)/b9-8+/t14-/m1/s1. The van der Waals surface area contributed by atoms with Crippen molar-refractivity contribution >= 4 is 23.6 Å². The van der Waals surface area contributed by atoms with E-state index in [1.165, 1.54) is 24.3 Å². The van der Waals surface area contributed by atoms with Gasteiger partial charge in [0.1, 0.15) is 23.4 Å². The Balaban J connectivity index is 1.60. The Morgan fingerprint density at radius 1 is 1.31 bits per heavy atom. The molecule has 7 heteroatoms. The molecule has 0 saturated carbocycles. The van der Waals surface area contributed by atoms with E-state index in [0.717, 1.165) is 17.7 Å². The van der Waals surface area contributed by atoms with Gasteiger partial charge >= 0.3 is 5.97 Å². The molecule has 1 N–H and O–H groups in total. The molecule has 0 saturated heterocycles. The fourth-order valence-electron chi connectivity index (χ4n) is 2.96. The molecule has 1 aliphatic rings. The average molecular weight is 399 g/mol. The third-order valence-electron chi connectivity index (χ3n) is 4.22. The first-order valence-electron chi connectivity index (χ1n) is 9.32. The van der Waals surface area contributed by atoms with E-state index in [2.05, 4.69) is 5.32 Å². The molecule has 0 spiro atoms. The molecule has 1 amide bonds. The first-order chi connectivity index (χ1) is 14.0. The van der Waals surface area contributed by atoms with E-state index in [1.807, 2.05) is 26.0 Å². The number of benzene rings is 2. The molecule has 0 radical (unpaired) electrons. The molecule has 1 heterocycles. The zero-order chi connectivity index (χ0) is 20.8. The van der Waals surface area contributed by atoms with Crippen LogP contribution in [0.4, 0.5) is 10.1 Å². The van der Waals surface area contributed by atoms with Gasteiger partial charge in [0.2, 0.25) is 0 Å². The monoisotopic (exact) mass is 399 g/mol. The van der Waals surface area contributed by atoms with Crippen LogP contribution < -0.4 is 14.8 Å². The van der Waals surface area contributed by atoms with Crippen LogP contribution in [-0.4, -0.2) is 31.2 Å². The molecule has 2 aromatic rings. The minimum atomic E-state index is -0.703. The molecule has 6 nitrogen and oxygen atoms in total. The Bertz CT molecular complexity index is 941. The summed E-state index contributed by atoms with van der Waals surface area (Å²) < 4.78 is 29.8. The molecule has 0 aromatic heterocycles. The first-order valence-corrected chi connectivity index (χ1v) is 9.32. The normalized spacial score (nSPS) is 14.9. The molecule has 0 aliphatic carbocycles. The van der Waals surface area contributed by atoms with Crippen molar-refractivity contribution in [3.05, 3.63) is 59.4 Å². The van der Waals surface area contributed by atoms with Gasteiger partial charge in [-0.25, -0.2) is 9.18 Å². The quantitative estimate of drug-likeness (QED) is 0.567. The number of carbonyl (C=O) groups excluding carboxylic acids is 2. The summed E-state index contributed by atoms with van der Waals surface area (Å²) in [5.74, 6) is -0.495. The number of rotatable bonds is 7. The summed E-state index contributed by atoms with van der Waals surface area (Å²) in [6.45, 7) is 3.82. The Kier molecular flexibility index (Phi) is 6.49. The van der Waals surface area contributed by atoms with Crippen LogP contribution in [0.1, 0.15) is 25.0 Å². The van der Waals surface area contributed by atoms with Crippen LogP contribution in [-0.2, 0) is 20.7 Å². The molecule has 3 rings (SSSR count). The number of ether oxygens (including phenoxy) is 3. The molecule has 0 bridgehead atoms. The van der Waals surface area contributed by atoms with Crippen LogP contribution in [0.2, 0.25) is 0 Å². The second kappa shape index (κ2) is 9.23. The molecular formula is C22H22FNO5. The second-order valence-corrected chi connectivity index (χ2v) is 6.53. The van der Waals surface area contributed by atoms with Crippen molar-refractivity contribution in [2.24, 2.45) is 0 Å². The lowest BCUT2D eigenvalue weighted by Crippen LogP contribution is -2.20. The average Bonchev–Trinajstić information content (AvgIpc) is 3.05. The molecule has 152 valence electrons. The first kappa shape index (κ1) is 20.4. The molecule has 2 aromatic carbocycles. The van der Waals surface area contributed by atoms with Gasteiger partial charge in [-0.05, 0) is 44.2 Å². The van der Waals surface area contributed by atoms with Crippen molar-refractivity contribution in [2.75, 3.05) is 18.5 Å². The molecule has 1 atom stereocenters. The van der Waals surface area contributed by atoms with Gasteiger partial charge in [0, 0.05) is 23.6 Å². The fraction of sp³-hybridized carbons (Fsp3) is 0.273. The SMILES string of the molecule is CCOc1cc2c(cc1/C=C/C(=O)OCC(=O)Nc1ccccc1F)O[C@H](C)C2. The molecule has 29 heavy (non-hydrogen) atoms. The summed E-state index contributed by atoms with van der Waals surface area (Å²) in [5, 5.41) is 2.35. The topological polar surface area (TPSA) is 73.9 Å². The van der Waals surface area contributed by atoms with Gasteiger partial charge in [0.25, 0.3) is 5.91 Å². The highest BCUT2D eigenvalue weighted by molar-refractivity contribution is 5.94. The summed E-state index contributed by atoms with van der Waals surface area (Å²) in [4.78, 5) is 23.8. The van der Waals surface area contributed by atoms with Crippen LogP contribution in [0.5, 0.6) is 11.5 Å². The predicted octanol–water partition coefficient (Wildman–Crippen LogP) is 3.74. The predicted molar refractivity (Wildman–Crippen MR) is 106 cm³/mol. The van der Waals surface area contributed by atoms with E-state index in [1.54, 1.807) is 12.1 Å². The van der Waals surface area contributed by atoms with Crippen LogP contribution in [0.25, 0.3) is 6.08 Å². The summed E-state index contributed by atoms with van der Waals surface area (Å²) >= 11 is 0. The highest BCUT2D eigenvalue weighted by Gasteiger charge is 2.21. The highest BCUT2D eigenvalue weighted by Crippen LogP contribution is 2.35. The number of fused-ring (bicyclic) bond motifs is 1. The number of para-hydroxylation sites is 1. The summed E-state index contributed by atoms with van der Waals surface area (Å²) in [6, 6.07) is 9.47. The molecular weight excluding hydrogens is 377 g/mol.